The van der Waals surface area contributed by atoms with Crippen LogP contribution < -0.4 is 0 Å². The number of pyridine rings is 1. The average Bonchev–Trinajstić information content (AvgIpc) is 2.91. The van der Waals surface area contributed by atoms with Gasteiger partial charge < -0.3 is 4.57 Å². The van der Waals surface area contributed by atoms with Crippen molar-refractivity contribution in [2.75, 3.05) is 0 Å². The molecule has 0 atom stereocenters. The second-order valence-corrected chi connectivity index (χ2v) is 5.00. The van der Waals surface area contributed by atoms with Gasteiger partial charge in [-0.25, -0.2) is 4.98 Å². The van der Waals surface area contributed by atoms with E-state index in [2.05, 4.69) is 22.5 Å². The lowest BCUT2D eigenvalue weighted by molar-refractivity contribution is 0.651. The number of benzene rings is 1. The first-order valence-electron chi connectivity index (χ1n) is 7.14. The van der Waals surface area contributed by atoms with Crippen molar-refractivity contribution in [3.63, 3.8) is 0 Å². The lowest BCUT2D eigenvalue weighted by Crippen LogP contribution is -2.00. The van der Waals surface area contributed by atoms with Gasteiger partial charge in [0.05, 0.1) is 22.7 Å². The lowest BCUT2D eigenvalue weighted by Gasteiger charge is -2.08. The van der Waals surface area contributed by atoms with Gasteiger partial charge >= 0.3 is 0 Å². The Morgan fingerprint density at radius 1 is 1.29 bits per heavy atom. The number of imidazole rings is 1. The van der Waals surface area contributed by atoms with E-state index in [4.69, 9.17) is 10.2 Å². The van der Waals surface area contributed by atoms with E-state index in [-0.39, 0.29) is 0 Å². The predicted octanol–water partition coefficient (Wildman–Crippen LogP) is 3.77. The van der Waals surface area contributed by atoms with E-state index in [1.165, 1.54) is 0 Å². The highest BCUT2D eigenvalue weighted by molar-refractivity contribution is 5.81. The van der Waals surface area contributed by atoms with Gasteiger partial charge in [0.1, 0.15) is 5.82 Å². The molecule has 0 fully saturated rings. The third kappa shape index (κ3) is 2.50. The third-order valence-corrected chi connectivity index (χ3v) is 3.53. The first-order valence-corrected chi connectivity index (χ1v) is 7.14. The largest absolute Gasteiger partial charge is 0.324 e. The minimum absolute atomic E-state index is 0.639. The van der Waals surface area contributed by atoms with Crippen LogP contribution >= 0.6 is 0 Å². The molecule has 0 bridgehead atoms. The van der Waals surface area contributed by atoms with Crippen LogP contribution in [0.5, 0.6) is 0 Å². The second kappa shape index (κ2) is 5.76. The molecule has 104 valence electrons. The van der Waals surface area contributed by atoms with E-state index in [0.29, 0.717) is 5.56 Å². The Morgan fingerprint density at radius 2 is 2.19 bits per heavy atom. The summed E-state index contributed by atoms with van der Waals surface area (Å²) in [4.78, 5) is 8.90. The SMILES string of the molecule is CCCCn1c(-c2cccnc2)nc2cc(C#N)ccc21. The van der Waals surface area contributed by atoms with E-state index >= 15 is 0 Å². The fraction of sp³-hybridized carbons (Fsp3) is 0.235. The van der Waals surface area contributed by atoms with Gasteiger partial charge in [-0.2, -0.15) is 5.26 Å². The van der Waals surface area contributed by atoms with E-state index in [1.807, 2.05) is 36.5 Å². The molecule has 0 aliphatic rings. The molecule has 2 heterocycles. The van der Waals surface area contributed by atoms with E-state index in [1.54, 1.807) is 6.20 Å². The molecule has 21 heavy (non-hydrogen) atoms. The van der Waals surface area contributed by atoms with Gasteiger partial charge in [0.15, 0.2) is 0 Å². The highest BCUT2D eigenvalue weighted by Gasteiger charge is 2.12. The molecule has 4 heteroatoms. The number of nitriles is 1. The van der Waals surface area contributed by atoms with Crippen molar-refractivity contribution in [3.8, 4) is 17.5 Å². The highest BCUT2D eigenvalue weighted by atomic mass is 15.1. The average molecular weight is 276 g/mol. The van der Waals surface area contributed by atoms with Crippen molar-refractivity contribution in [3.05, 3.63) is 48.3 Å². The quantitative estimate of drug-likeness (QED) is 0.728. The number of rotatable bonds is 4. The summed E-state index contributed by atoms with van der Waals surface area (Å²) in [6.07, 6.45) is 5.81. The minimum atomic E-state index is 0.639. The van der Waals surface area contributed by atoms with Crippen LogP contribution in [-0.4, -0.2) is 14.5 Å². The molecule has 3 rings (SSSR count). The van der Waals surface area contributed by atoms with Gasteiger partial charge in [-0.3, -0.25) is 4.98 Å². The highest BCUT2D eigenvalue weighted by Crippen LogP contribution is 2.25. The van der Waals surface area contributed by atoms with Gasteiger partial charge in [0.2, 0.25) is 0 Å². The van der Waals surface area contributed by atoms with Crippen LogP contribution in [0.25, 0.3) is 22.4 Å². The second-order valence-electron chi connectivity index (χ2n) is 5.00. The molecule has 0 spiro atoms. The van der Waals surface area contributed by atoms with Crippen molar-refractivity contribution in [1.29, 1.82) is 5.26 Å². The molecule has 0 N–H and O–H groups in total. The van der Waals surface area contributed by atoms with Gasteiger partial charge in [-0.05, 0) is 36.8 Å². The molecular formula is C17H16N4. The molecule has 4 nitrogen and oxygen atoms in total. The Hall–Kier alpha value is -2.67. The first kappa shape index (κ1) is 13.3. The monoisotopic (exact) mass is 276 g/mol. The van der Waals surface area contributed by atoms with Gasteiger partial charge in [0.25, 0.3) is 0 Å². The topological polar surface area (TPSA) is 54.5 Å². The zero-order valence-electron chi connectivity index (χ0n) is 12.0. The maximum absolute atomic E-state index is 9.04. The van der Waals surface area contributed by atoms with Crippen LogP contribution in [0.3, 0.4) is 0 Å². The van der Waals surface area contributed by atoms with Crippen LogP contribution in [0.2, 0.25) is 0 Å². The molecule has 0 saturated carbocycles. The molecule has 2 aromatic heterocycles. The number of aromatic nitrogens is 3. The van der Waals surface area contributed by atoms with E-state index in [9.17, 15) is 0 Å². The number of aryl methyl sites for hydroxylation is 1. The van der Waals surface area contributed by atoms with Crippen LogP contribution in [-0.2, 0) is 6.54 Å². The lowest BCUT2D eigenvalue weighted by atomic mass is 10.2. The van der Waals surface area contributed by atoms with Crippen molar-refractivity contribution < 1.29 is 0 Å². The molecular weight excluding hydrogens is 260 g/mol. The van der Waals surface area contributed by atoms with Crippen molar-refractivity contribution in [1.82, 2.24) is 14.5 Å². The Morgan fingerprint density at radius 3 is 2.90 bits per heavy atom. The Bertz CT molecular complexity index is 797. The van der Waals surface area contributed by atoms with Crippen LogP contribution in [0.1, 0.15) is 25.3 Å². The number of unbranched alkanes of at least 4 members (excludes halogenated alkanes) is 1. The van der Waals surface area contributed by atoms with E-state index in [0.717, 1.165) is 41.8 Å². The maximum Gasteiger partial charge on any atom is 0.142 e. The van der Waals surface area contributed by atoms with Crippen LogP contribution in [0.15, 0.2) is 42.7 Å². The summed E-state index contributed by atoms with van der Waals surface area (Å²) in [5.41, 5.74) is 3.58. The molecule has 1 aromatic carbocycles. The molecule has 0 aliphatic carbocycles. The molecule has 0 amide bonds. The van der Waals surface area contributed by atoms with Gasteiger partial charge in [-0.15, -0.1) is 0 Å². The van der Waals surface area contributed by atoms with Crippen LogP contribution in [0, 0.1) is 11.3 Å². The Balaban J connectivity index is 2.20. The molecule has 0 radical (unpaired) electrons. The summed E-state index contributed by atoms with van der Waals surface area (Å²) in [6, 6.07) is 11.8. The normalized spacial score (nSPS) is 10.7. The molecule has 0 aliphatic heterocycles. The number of hydrogen-bond acceptors (Lipinski definition) is 3. The molecule has 3 aromatic rings. The smallest absolute Gasteiger partial charge is 0.142 e. The maximum atomic E-state index is 9.04. The van der Waals surface area contributed by atoms with Crippen molar-refractivity contribution in [2.24, 2.45) is 0 Å². The summed E-state index contributed by atoms with van der Waals surface area (Å²) in [5.74, 6) is 0.918. The first-order chi connectivity index (χ1) is 10.3. The zero-order valence-corrected chi connectivity index (χ0v) is 12.0. The summed E-state index contributed by atoms with van der Waals surface area (Å²) in [6.45, 7) is 3.10. The molecule has 0 saturated heterocycles. The summed E-state index contributed by atoms with van der Waals surface area (Å²) in [5, 5.41) is 9.04. The van der Waals surface area contributed by atoms with E-state index < -0.39 is 0 Å². The summed E-state index contributed by atoms with van der Waals surface area (Å²) >= 11 is 0. The Labute approximate surface area is 123 Å². The van der Waals surface area contributed by atoms with Gasteiger partial charge in [-0.1, -0.05) is 13.3 Å². The summed E-state index contributed by atoms with van der Waals surface area (Å²) < 4.78 is 2.22. The fourth-order valence-electron chi connectivity index (χ4n) is 2.46. The zero-order chi connectivity index (χ0) is 14.7. The van der Waals surface area contributed by atoms with Crippen molar-refractivity contribution in [2.45, 2.75) is 26.3 Å². The number of fused-ring (bicyclic) bond motifs is 1. The minimum Gasteiger partial charge on any atom is -0.324 e. The Kier molecular flexibility index (Phi) is 3.65. The van der Waals surface area contributed by atoms with Crippen LogP contribution in [0.4, 0.5) is 0 Å². The number of hydrogen-bond donors (Lipinski definition) is 0. The fourth-order valence-corrected chi connectivity index (χ4v) is 2.46. The van der Waals surface area contributed by atoms with Crippen molar-refractivity contribution >= 4 is 11.0 Å². The number of nitrogens with zero attached hydrogens (tertiary/aromatic N) is 4. The summed E-state index contributed by atoms with van der Waals surface area (Å²) in [7, 11) is 0. The predicted molar refractivity (Wildman–Crippen MR) is 82.6 cm³/mol. The molecule has 0 unspecified atom stereocenters. The van der Waals surface area contributed by atoms with Gasteiger partial charge in [0, 0.05) is 24.5 Å². The third-order valence-electron chi connectivity index (χ3n) is 3.53. The standard InChI is InChI=1S/C17H16N4/c1-2-3-9-21-16-7-6-13(11-18)10-15(16)20-17(21)14-5-4-8-19-12-14/h4-8,10,12H,2-3,9H2,1H3.